The average molecular weight is 356 g/mol. The van der Waals surface area contributed by atoms with Gasteiger partial charge in [0.2, 0.25) is 11.8 Å². The first-order valence-electron chi connectivity index (χ1n) is 8.23. The SMILES string of the molecule is COc1ccc(CC(=O)NCC(=O)Nc2ccc3c(c2)OCCO3)cc1. The van der Waals surface area contributed by atoms with E-state index in [2.05, 4.69) is 10.6 Å². The molecule has 2 N–H and O–H groups in total. The first-order valence-corrected chi connectivity index (χ1v) is 8.23. The molecule has 0 saturated carbocycles. The van der Waals surface area contributed by atoms with E-state index in [1.54, 1.807) is 37.4 Å². The number of carbonyl (C=O) groups is 2. The molecule has 136 valence electrons. The molecule has 3 rings (SSSR count). The summed E-state index contributed by atoms with van der Waals surface area (Å²) in [7, 11) is 1.59. The van der Waals surface area contributed by atoms with Gasteiger partial charge in [-0.05, 0) is 29.8 Å². The molecule has 0 atom stereocenters. The third-order valence-electron chi connectivity index (χ3n) is 3.80. The summed E-state index contributed by atoms with van der Waals surface area (Å²) >= 11 is 0. The molecule has 1 aliphatic rings. The van der Waals surface area contributed by atoms with Crippen LogP contribution in [-0.2, 0) is 16.0 Å². The molecule has 2 aromatic rings. The second kappa shape index (κ2) is 8.24. The quantitative estimate of drug-likeness (QED) is 0.824. The summed E-state index contributed by atoms with van der Waals surface area (Å²) in [5.41, 5.74) is 1.43. The highest BCUT2D eigenvalue weighted by atomic mass is 16.6. The van der Waals surface area contributed by atoms with Gasteiger partial charge in [0.05, 0.1) is 20.1 Å². The Morgan fingerprint density at radius 3 is 2.46 bits per heavy atom. The first kappa shape index (κ1) is 17.6. The van der Waals surface area contributed by atoms with Crippen LogP contribution >= 0.6 is 0 Å². The molecule has 0 unspecified atom stereocenters. The maximum Gasteiger partial charge on any atom is 0.243 e. The number of fused-ring (bicyclic) bond motifs is 1. The fraction of sp³-hybridized carbons (Fsp3) is 0.263. The molecule has 0 aromatic heterocycles. The van der Waals surface area contributed by atoms with Crippen LogP contribution in [0.5, 0.6) is 17.2 Å². The number of amides is 2. The third-order valence-corrected chi connectivity index (χ3v) is 3.80. The lowest BCUT2D eigenvalue weighted by Gasteiger charge is -2.19. The normalized spacial score (nSPS) is 12.2. The van der Waals surface area contributed by atoms with E-state index >= 15 is 0 Å². The Morgan fingerprint density at radius 2 is 1.73 bits per heavy atom. The standard InChI is InChI=1S/C19H20N2O5/c1-24-15-5-2-13(3-6-15)10-18(22)20-12-19(23)21-14-4-7-16-17(11-14)26-9-8-25-16/h2-7,11H,8-10,12H2,1H3,(H,20,22)(H,21,23). The fourth-order valence-electron chi connectivity index (χ4n) is 2.50. The van der Waals surface area contributed by atoms with Crippen LogP contribution < -0.4 is 24.8 Å². The number of methoxy groups -OCH3 is 1. The number of rotatable bonds is 6. The number of hydrogen-bond acceptors (Lipinski definition) is 5. The largest absolute Gasteiger partial charge is 0.497 e. The van der Waals surface area contributed by atoms with Crippen LogP contribution in [0.25, 0.3) is 0 Å². The summed E-state index contributed by atoms with van der Waals surface area (Å²) in [6.45, 7) is 0.883. The van der Waals surface area contributed by atoms with Gasteiger partial charge >= 0.3 is 0 Å². The Labute approximate surface area is 151 Å². The van der Waals surface area contributed by atoms with Crippen molar-refractivity contribution in [3.8, 4) is 17.2 Å². The van der Waals surface area contributed by atoms with E-state index in [9.17, 15) is 9.59 Å². The molecule has 2 aromatic carbocycles. The van der Waals surface area contributed by atoms with Crippen LogP contribution in [-0.4, -0.2) is 38.7 Å². The zero-order valence-corrected chi connectivity index (χ0v) is 14.4. The van der Waals surface area contributed by atoms with Gasteiger partial charge in [-0.1, -0.05) is 12.1 Å². The molecule has 1 aliphatic heterocycles. The summed E-state index contributed by atoms with van der Waals surface area (Å²) in [6, 6.07) is 12.4. The van der Waals surface area contributed by atoms with Gasteiger partial charge in [-0.3, -0.25) is 9.59 Å². The molecule has 26 heavy (non-hydrogen) atoms. The summed E-state index contributed by atoms with van der Waals surface area (Å²) < 4.78 is 16.0. The van der Waals surface area contributed by atoms with Crippen molar-refractivity contribution >= 4 is 17.5 Å². The van der Waals surface area contributed by atoms with E-state index in [1.165, 1.54) is 0 Å². The number of anilines is 1. The fourth-order valence-corrected chi connectivity index (χ4v) is 2.50. The van der Waals surface area contributed by atoms with Crippen molar-refractivity contribution in [3.05, 3.63) is 48.0 Å². The lowest BCUT2D eigenvalue weighted by molar-refractivity contribution is -0.123. The molecular formula is C19H20N2O5. The number of benzene rings is 2. The van der Waals surface area contributed by atoms with Crippen molar-refractivity contribution in [1.29, 1.82) is 0 Å². The molecule has 2 amide bonds. The van der Waals surface area contributed by atoms with E-state index in [0.717, 1.165) is 11.3 Å². The van der Waals surface area contributed by atoms with Crippen LogP contribution in [0, 0.1) is 0 Å². The molecule has 7 nitrogen and oxygen atoms in total. The van der Waals surface area contributed by atoms with Gasteiger partial charge in [-0.2, -0.15) is 0 Å². The lowest BCUT2D eigenvalue weighted by Crippen LogP contribution is -2.33. The number of nitrogens with one attached hydrogen (secondary N) is 2. The minimum atomic E-state index is -0.315. The smallest absolute Gasteiger partial charge is 0.243 e. The molecule has 0 radical (unpaired) electrons. The average Bonchev–Trinajstić information content (AvgIpc) is 2.67. The Bertz CT molecular complexity index is 789. The van der Waals surface area contributed by atoms with Gasteiger partial charge in [0.15, 0.2) is 11.5 Å². The lowest BCUT2D eigenvalue weighted by atomic mass is 10.1. The minimum absolute atomic E-state index is 0.108. The number of ether oxygens (including phenoxy) is 3. The zero-order chi connectivity index (χ0) is 18.4. The molecule has 1 heterocycles. The van der Waals surface area contributed by atoms with Gasteiger partial charge in [0, 0.05) is 11.8 Å². The molecule has 7 heteroatoms. The van der Waals surface area contributed by atoms with Gasteiger partial charge < -0.3 is 24.8 Å². The monoisotopic (exact) mass is 356 g/mol. The van der Waals surface area contributed by atoms with E-state index in [4.69, 9.17) is 14.2 Å². The zero-order valence-electron chi connectivity index (χ0n) is 14.4. The minimum Gasteiger partial charge on any atom is -0.497 e. The van der Waals surface area contributed by atoms with Crippen LogP contribution in [0.2, 0.25) is 0 Å². The highest BCUT2D eigenvalue weighted by Crippen LogP contribution is 2.32. The number of hydrogen-bond donors (Lipinski definition) is 2. The van der Waals surface area contributed by atoms with Gasteiger partial charge in [-0.25, -0.2) is 0 Å². The maximum atomic E-state index is 12.0. The van der Waals surface area contributed by atoms with E-state index in [-0.39, 0.29) is 24.8 Å². The summed E-state index contributed by atoms with van der Waals surface area (Å²) in [5, 5.41) is 5.32. The first-order chi connectivity index (χ1) is 12.6. The Hall–Kier alpha value is -3.22. The van der Waals surface area contributed by atoms with Crippen LogP contribution in [0.15, 0.2) is 42.5 Å². The van der Waals surface area contributed by atoms with Crippen molar-refractivity contribution < 1.29 is 23.8 Å². The van der Waals surface area contributed by atoms with Crippen molar-refractivity contribution in [3.63, 3.8) is 0 Å². The van der Waals surface area contributed by atoms with E-state index in [0.29, 0.717) is 30.4 Å². The van der Waals surface area contributed by atoms with Gasteiger partial charge in [0.1, 0.15) is 19.0 Å². The maximum absolute atomic E-state index is 12.0. The Balaban J connectivity index is 1.46. The van der Waals surface area contributed by atoms with Crippen molar-refractivity contribution in [1.82, 2.24) is 5.32 Å². The van der Waals surface area contributed by atoms with Crippen molar-refractivity contribution in [2.24, 2.45) is 0 Å². The van der Waals surface area contributed by atoms with Crippen molar-refractivity contribution in [2.75, 3.05) is 32.2 Å². The van der Waals surface area contributed by atoms with Crippen LogP contribution in [0.3, 0.4) is 0 Å². The third kappa shape index (κ3) is 4.66. The molecule has 0 spiro atoms. The molecule has 0 aliphatic carbocycles. The van der Waals surface area contributed by atoms with Crippen molar-refractivity contribution in [2.45, 2.75) is 6.42 Å². The highest BCUT2D eigenvalue weighted by molar-refractivity contribution is 5.95. The molecule has 0 fully saturated rings. The molecule has 0 saturated heterocycles. The Kier molecular flexibility index (Phi) is 5.58. The molecule has 0 bridgehead atoms. The Morgan fingerprint density at radius 1 is 1.00 bits per heavy atom. The summed E-state index contributed by atoms with van der Waals surface area (Å²) in [6.07, 6.45) is 0.196. The number of carbonyl (C=O) groups excluding carboxylic acids is 2. The second-order valence-corrected chi connectivity index (χ2v) is 5.71. The summed E-state index contributed by atoms with van der Waals surface area (Å²) in [5.74, 6) is 1.44. The van der Waals surface area contributed by atoms with Gasteiger partial charge in [0.25, 0.3) is 0 Å². The van der Waals surface area contributed by atoms with Crippen LogP contribution in [0.4, 0.5) is 5.69 Å². The van der Waals surface area contributed by atoms with E-state index in [1.807, 2.05) is 12.1 Å². The predicted octanol–water partition coefficient (Wildman–Crippen LogP) is 1.76. The highest BCUT2D eigenvalue weighted by Gasteiger charge is 2.13. The predicted molar refractivity (Wildman–Crippen MR) is 95.8 cm³/mol. The second-order valence-electron chi connectivity index (χ2n) is 5.71. The topological polar surface area (TPSA) is 85.9 Å². The van der Waals surface area contributed by atoms with Crippen LogP contribution in [0.1, 0.15) is 5.56 Å². The van der Waals surface area contributed by atoms with Gasteiger partial charge in [-0.15, -0.1) is 0 Å². The van der Waals surface area contributed by atoms with E-state index < -0.39 is 0 Å². The molecular weight excluding hydrogens is 336 g/mol. The summed E-state index contributed by atoms with van der Waals surface area (Å²) in [4.78, 5) is 24.0.